The maximum Gasteiger partial charge on any atom is 0.404 e. The molecule has 1 rings (SSSR count). The van der Waals surface area contributed by atoms with Crippen LogP contribution in [0.1, 0.15) is 19.3 Å². The third kappa shape index (κ3) is 1.88. The Morgan fingerprint density at radius 1 is 1.50 bits per heavy atom. The summed E-state index contributed by atoms with van der Waals surface area (Å²) >= 11 is 0. The molecule has 0 aromatic rings. The van der Waals surface area contributed by atoms with E-state index in [-0.39, 0.29) is 12.1 Å². The molecule has 0 bridgehead atoms. The lowest BCUT2D eigenvalue weighted by Gasteiger charge is -2.07. The second-order valence-electron chi connectivity index (χ2n) is 2.61. The summed E-state index contributed by atoms with van der Waals surface area (Å²) in [4.78, 5) is 10.1. The normalized spacial score (nSPS) is 32.1. The average Bonchev–Trinajstić information content (AvgIpc) is 2.13. The largest absolute Gasteiger partial charge is 0.465 e. The maximum absolute atomic E-state index is 10.1. The molecule has 0 aliphatic heterocycles. The van der Waals surface area contributed by atoms with Crippen molar-refractivity contribution < 1.29 is 15.0 Å². The quantitative estimate of drug-likeness (QED) is 0.492. The fourth-order valence-corrected chi connectivity index (χ4v) is 1.26. The Morgan fingerprint density at radius 3 is 2.60 bits per heavy atom. The van der Waals surface area contributed by atoms with Crippen molar-refractivity contribution in [3.05, 3.63) is 0 Å². The SMILES string of the molecule is O=C(O)NC1CC[C@@H](O)C1. The third-order valence-corrected chi connectivity index (χ3v) is 1.73. The first kappa shape index (κ1) is 7.34. The van der Waals surface area contributed by atoms with Gasteiger partial charge in [0.05, 0.1) is 6.10 Å². The summed E-state index contributed by atoms with van der Waals surface area (Å²) in [7, 11) is 0. The van der Waals surface area contributed by atoms with Crippen LogP contribution in [0.4, 0.5) is 4.79 Å². The Labute approximate surface area is 58.9 Å². The molecule has 10 heavy (non-hydrogen) atoms. The fraction of sp³-hybridized carbons (Fsp3) is 0.833. The molecular weight excluding hydrogens is 134 g/mol. The van der Waals surface area contributed by atoms with Crippen LogP contribution in [0.3, 0.4) is 0 Å². The molecule has 4 heteroatoms. The maximum atomic E-state index is 10.1. The van der Waals surface area contributed by atoms with Gasteiger partial charge in [0.25, 0.3) is 0 Å². The van der Waals surface area contributed by atoms with E-state index in [1.54, 1.807) is 0 Å². The first-order valence-electron chi connectivity index (χ1n) is 3.36. The molecule has 2 atom stereocenters. The van der Waals surface area contributed by atoms with Gasteiger partial charge in [-0.1, -0.05) is 0 Å². The topological polar surface area (TPSA) is 69.6 Å². The van der Waals surface area contributed by atoms with Gasteiger partial charge in [-0.25, -0.2) is 4.79 Å². The minimum atomic E-state index is -1.00. The molecule has 58 valence electrons. The van der Waals surface area contributed by atoms with Crippen LogP contribution >= 0.6 is 0 Å². The van der Waals surface area contributed by atoms with Crippen molar-refractivity contribution in [1.82, 2.24) is 5.32 Å². The molecule has 0 radical (unpaired) electrons. The molecule has 1 fully saturated rings. The Morgan fingerprint density at radius 2 is 2.20 bits per heavy atom. The molecule has 4 nitrogen and oxygen atoms in total. The van der Waals surface area contributed by atoms with Crippen molar-refractivity contribution in [3.63, 3.8) is 0 Å². The van der Waals surface area contributed by atoms with E-state index in [9.17, 15) is 4.79 Å². The van der Waals surface area contributed by atoms with Gasteiger partial charge < -0.3 is 15.5 Å². The number of hydrogen-bond donors (Lipinski definition) is 3. The molecule has 1 aliphatic rings. The van der Waals surface area contributed by atoms with Gasteiger partial charge >= 0.3 is 6.09 Å². The fourth-order valence-electron chi connectivity index (χ4n) is 1.26. The van der Waals surface area contributed by atoms with Crippen molar-refractivity contribution >= 4 is 6.09 Å². The van der Waals surface area contributed by atoms with Crippen molar-refractivity contribution in [3.8, 4) is 0 Å². The van der Waals surface area contributed by atoms with E-state index in [0.717, 1.165) is 6.42 Å². The van der Waals surface area contributed by atoms with Crippen molar-refractivity contribution in [2.45, 2.75) is 31.4 Å². The predicted octanol–water partition coefficient (Wildman–Crippen LogP) is 0.167. The van der Waals surface area contributed by atoms with Crippen LogP contribution in [0.5, 0.6) is 0 Å². The van der Waals surface area contributed by atoms with Gasteiger partial charge in [0.2, 0.25) is 0 Å². The first-order valence-corrected chi connectivity index (χ1v) is 3.36. The van der Waals surface area contributed by atoms with Crippen LogP contribution < -0.4 is 5.32 Å². The number of carbonyl (C=O) groups is 1. The molecule has 0 saturated heterocycles. The Balaban J connectivity index is 2.24. The van der Waals surface area contributed by atoms with Crippen LogP contribution in [0, 0.1) is 0 Å². The summed E-state index contributed by atoms with van der Waals surface area (Å²) in [6.07, 6.45) is 0.723. The van der Waals surface area contributed by atoms with Gasteiger partial charge in [0.15, 0.2) is 0 Å². The standard InChI is InChI=1S/C6H11NO3/c8-5-2-1-4(3-5)7-6(9)10/h4-5,7-8H,1-3H2,(H,9,10)/t4?,5-/m1/s1. The highest BCUT2D eigenvalue weighted by Gasteiger charge is 2.23. The van der Waals surface area contributed by atoms with Crippen LogP contribution in [0.25, 0.3) is 0 Å². The third-order valence-electron chi connectivity index (χ3n) is 1.73. The zero-order valence-electron chi connectivity index (χ0n) is 5.58. The zero-order chi connectivity index (χ0) is 7.56. The predicted molar refractivity (Wildman–Crippen MR) is 34.8 cm³/mol. The highest BCUT2D eigenvalue weighted by Crippen LogP contribution is 2.18. The highest BCUT2D eigenvalue weighted by atomic mass is 16.4. The second kappa shape index (κ2) is 2.88. The van der Waals surface area contributed by atoms with Crippen LogP contribution in [0.2, 0.25) is 0 Å². The molecule has 1 saturated carbocycles. The van der Waals surface area contributed by atoms with Crippen molar-refractivity contribution in [2.24, 2.45) is 0 Å². The number of carboxylic acid groups (broad SMARTS) is 1. The summed E-state index contributed by atoms with van der Waals surface area (Å²) in [5.74, 6) is 0. The van der Waals surface area contributed by atoms with E-state index < -0.39 is 6.09 Å². The average molecular weight is 145 g/mol. The Hall–Kier alpha value is -0.770. The summed E-state index contributed by atoms with van der Waals surface area (Å²) in [6, 6.07) is -0.0347. The lowest BCUT2D eigenvalue weighted by molar-refractivity contribution is 0.174. The first-order chi connectivity index (χ1) is 4.68. The van der Waals surface area contributed by atoms with Crippen molar-refractivity contribution in [1.29, 1.82) is 0 Å². The molecule has 0 aromatic heterocycles. The zero-order valence-corrected chi connectivity index (χ0v) is 5.58. The van der Waals surface area contributed by atoms with Gasteiger partial charge in [-0.05, 0) is 19.3 Å². The number of rotatable bonds is 1. The molecule has 0 aromatic carbocycles. The highest BCUT2D eigenvalue weighted by molar-refractivity contribution is 5.64. The number of nitrogens with one attached hydrogen (secondary N) is 1. The smallest absolute Gasteiger partial charge is 0.404 e. The van der Waals surface area contributed by atoms with E-state index in [4.69, 9.17) is 10.2 Å². The molecule has 0 spiro atoms. The molecule has 1 unspecified atom stereocenters. The second-order valence-corrected chi connectivity index (χ2v) is 2.61. The van der Waals surface area contributed by atoms with E-state index in [1.807, 2.05) is 0 Å². The van der Waals surface area contributed by atoms with Crippen LogP contribution in [-0.4, -0.2) is 28.5 Å². The lowest BCUT2D eigenvalue weighted by Crippen LogP contribution is -2.31. The Kier molecular flexibility index (Phi) is 2.11. The monoisotopic (exact) mass is 145 g/mol. The molecule has 1 aliphatic carbocycles. The summed E-state index contributed by atoms with van der Waals surface area (Å²) in [5, 5.41) is 19.6. The van der Waals surface area contributed by atoms with E-state index in [2.05, 4.69) is 5.32 Å². The van der Waals surface area contributed by atoms with Gasteiger partial charge in [-0.2, -0.15) is 0 Å². The minimum Gasteiger partial charge on any atom is -0.465 e. The number of hydrogen-bond acceptors (Lipinski definition) is 2. The molecule has 0 heterocycles. The van der Waals surface area contributed by atoms with Gasteiger partial charge in [-0.3, -0.25) is 0 Å². The van der Waals surface area contributed by atoms with Crippen LogP contribution in [0.15, 0.2) is 0 Å². The Bertz CT molecular complexity index is 137. The van der Waals surface area contributed by atoms with Crippen molar-refractivity contribution in [2.75, 3.05) is 0 Å². The molecular formula is C6H11NO3. The summed E-state index contributed by atoms with van der Waals surface area (Å²) < 4.78 is 0. The number of aliphatic hydroxyl groups excluding tert-OH is 1. The minimum absolute atomic E-state index is 0.0347. The molecule has 3 N–H and O–H groups in total. The van der Waals surface area contributed by atoms with E-state index in [0.29, 0.717) is 12.8 Å². The summed E-state index contributed by atoms with van der Waals surface area (Å²) in [6.45, 7) is 0. The van der Waals surface area contributed by atoms with Gasteiger partial charge in [0, 0.05) is 6.04 Å². The number of aliphatic hydroxyl groups is 1. The van der Waals surface area contributed by atoms with Crippen LogP contribution in [-0.2, 0) is 0 Å². The molecule has 1 amide bonds. The summed E-state index contributed by atoms with van der Waals surface area (Å²) in [5.41, 5.74) is 0. The number of amides is 1. The van der Waals surface area contributed by atoms with E-state index in [1.165, 1.54) is 0 Å². The van der Waals surface area contributed by atoms with Gasteiger partial charge in [0.1, 0.15) is 0 Å². The lowest BCUT2D eigenvalue weighted by atomic mass is 10.2. The van der Waals surface area contributed by atoms with Gasteiger partial charge in [-0.15, -0.1) is 0 Å². The van der Waals surface area contributed by atoms with E-state index >= 15 is 0 Å².